The number of rotatable bonds is 17. The average molecular weight is 1350 g/mol. The smallest absolute Gasteiger partial charge is 0.330 e. The number of hydrogen-bond acceptors (Lipinski definition) is 35. The van der Waals surface area contributed by atoms with E-state index in [1.165, 1.54) is 0 Å². The highest BCUT2D eigenvalue weighted by molar-refractivity contribution is 7.59. The minimum atomic E-state index is -6.00. The minimum absolute atomic E-state index is 0.0430. The Kier molecular flexibility index (Phi) is 25.7. The van der Waals surface area contributed by atoms with E-state index in [2.05, 4.69) is 31.1 Å². The average Bonchev–Trinajstić information content (AvgIpc) is 1.63. The Bertz CT molecular complexity index is 2900. The number of phosphoric acid groups is 2. The fourth-order valence-corrected chi connectivity index (χ4v) is 12.5. The van der Waals surface area contributed by atoms with Crippen LogP contribution in [0.25, 0.3) is 0 Å². The minimum Gasteiger partial charge on any atom is -0.756 e. The van der Waals surface area contributed by atoms with Crippen molar-refractivity contribution in [3.8, 4) is 37.0 Å². The van der Waals surface area contributed by atoms with Gasteiger partial charge < -0.3 is 137 Å². The third kappa shape index (κ3) is 19.0. The Morgan fingerprint density at radius 3 is 1.51 bits per heavy atom. The van der Waals surface area contributed by atoms with Gasteiger partial charge in [0.25, 0.3) is 21.2 Å². The fraction of sp³-hybridized carbons (Fsp3) is 0.808. The molecule has 0 aliphatic carbocycles. The first kappa shape index (κ1) is 75.0. The zero-order chi connectivity index (χ0) is 67.3. The summed E-state index contributed by atoms with van der Waals surface area (Å²) in [7, 11) is -12.0. The van der Waals surface area contributed by atoms with Gasteiger partial charge in [-0.15, -0.1) is 19.3 Å². The zero-order valence-corrected chi connectivity index (χ0v) is 51.6. The first-order valence-electron chi connectivity index (χ1n) is 28.0. The molecule has 1 aromatic heterocycles. The fourth-order valence-electron chi connectivity index (χ4n) is 10.4. The van der Waals surface area contributed by atoms with Gasteiger partial charge in [-0.25, -0.2) is 9.11 Å². The number of aromatic nitrogens is 2. The van der Waals surface area contributed by atoms with Crippen molar-refractivity contribution in [3.63, 3.8) is 0 Å². The lowest BCUT2D eigenvalue weighted by molar-refractivity contribution is -0.307. The normalized spacial score (nSPS) is 41.8. The Morgan fingerprint density at radius 1 is 0.538 bits per heavy atom. The molecule has 37 nitrogen and oxygen atoms in total. The van der Waals surface area contributed by atoms with Crippen LogP contribution in [0.5, 0.6) is 0 Å². The van der Waals surface area contributed by atoms with Crippen LogP contribution in [0, 0.1) is 37.0 Å². The topological polar surface area (TPSA) is 513 Å². The number of ether oxygens (including phenoxy) is 16. The van der Waals surface area contributed by atoms with E-state index in [0.29, 0.717) is 11.2 Å². The summed E-state index contributed by atoms with van der Waals surface area (Å²) in [6, 6.07) is 0.855. The Labute approximate surface area is 519 Å². The maximum absolute atomic E-state index is 12.2. The number of terminal acetylenes is 3. The van der Waals surface area contributed by atoms with Crippen molar-refractivity contribution in [1.82, 2.24) is 9.55 Å². The van der Waals surface area contributed by atoms with Crippen molar-refractivity contribution in [2.24, 2.45) is 0 Å². The molecule has 0 amide bonds. The number of aliphatic hydroxyl groups excluding tert-OH is 10. The number of aliphatic hydroxyl groups is 10. The lowest BCUT2D eigenvalue weighted by atomic mass is 9.99. The van der Waals surface area contributed by atoms with Crippen LogP contribution >= 0.6 is 15.6 Å². The van der Waals surface area contributed by atoms with Crippen molar-refractivity contribution in [1.29, 1.82) is 0 Å². The number of H-pyrrole nitrogens is 1. The lowest BCUT2D eigenvalue weighted by Crippen LogP contribution is -2.59. The van der Waals surface area contributed by atoms with Crippen LogP contribution in [0.1, 0.15) is 54.7 Å². The maximum atomic E-state index is 12.2. The van der Waals surface area contributed by atoms with E-state index in [-0.39, 0.29) is 82.1 Å². The summed E-state index contributed by atoms with van der Waals surface area (Å²) >= 11 is 0. The largest absolute Gasteiger partial charge is 0.756 e. The predicted molar refractivity (Wildman–Crippen MR) is 288 cm³/mol. The van der Waals surface area contributed by atoms with E-state index in [1.54, 1.807) is 0 Å². The van der Waals surface area contributed by atoms with Gasteiger partial charge in [0.2, 0.25) is 0 Å². The van der Waals surface area contributed by atoms with Crippen molar-refractivity contribution in [2.75, 3.05) is 46.2 Å². The van der Waals surface area contributed by atoms with Crippen molar-refractivity contribution >= 4 is 15.6 Å². The SMILES string of the molecule is C#CCOCC1OC(O)C(O)[C@@H](O)[C@H]1O.C#CCOCC1OC(OP(=O)([O-])OP(=O)([O-])O[C@H]2O[C@@H](n3ccc(=O)[nH]c3=O)C(O)[C@H]2O)C(O)[C@@H](O)[C@H]1O.C#CCOCC1O[C@@H]2OC(C)(C)OC2[C@H]2OC(C)(C)O[C@@H]12.CC1O[C@@H]2C3OC(C)(C)O[C@H]3OC(CO)[C@@H]2O1. The molecule has 10 rings (SSSR count). The van der Waals surface area contributed by atoms with Gasteiger partial charge in [0.05, 0.1) is 26.4 Å². The molecular formula is C52H76N2O35P2-2. The predicted octanol–water partition coefficient (Wildman–Crippen LogP) is -6.99. The summed E-state index contributed by atoms with van der Waals surface area (Å²) in [4.78, 5) is 49.3. The third-order valence-electron chi connectivity index (χ3n) is 14.3. The number of hydrogen-bond donors (Lipinski definition) is 11. The van der Waals surface area contributed by atoms with Crippen LogP contribution in [-0.2, 0) is 98.3 Å². The molecule has 516 valence electrons. The standard InChI is InChI=1S/C17H24N2O17P2.C15H22O6.C11H18O6.C9H14O6/c1-2-5-31-6-7-9(21)10(22)12(24)15(32-7)34-37(27,28)36-38(29,30)35-16-13(25)11(23)14(33-16)19-4-3-8(20)18-17(19)26;1-6-7-16-8-9-10-11(19-14(2,3)18-10)12-13(17-9)21-15(4,5)20-12;1-5-13-7-6(4-12)15-10-9(8(7)14-5)16-11(2,3)17-10;1-2-3-14-4-5-6(10)7(11)8(12)9(13)15-5/h1,3-4,7,9-16,21-25H,5-6H2,(H,27,28)(H,29,30)(H,18,20,26);1,9-13H,7-8H2,2-5H3;5-10,12H,4H2,1-3H3;1,5-13H,3-4H2/p-2/t7?,9-,10-,11?,12?,13+,14+,15?,16+;9?,10-,11-,12?,13+;5?,6?,7-,8-,9?,10+;5?,6-,7-,8?,9?/m0000/s1. The van der Waals surface area contributed by atoms with Crippen LogP contribution in [0.4, 0.5) is 0 Å². The molecule has 0 aromatic carbocycles. The van der Waals surface area contributed by atoms with Gasteiger partial charge in [-0.3, -0.25) is 32.5 Å². The van der Waals surface area contributed by atoms with Gasteiger partial charge in [0, 0.05) is 12.3 Å². The summed E-state index contributed by atoms with van der Waals surface area (Å²) in [6.45, 7) is 12.6. The van der Waals surface area contributed by atoms with Crippen LogP contribution in [-0.4, -0.2) is 272 Å². The lowest BCUT2D eigenvalue weighted by Gasteiger charge is -2.42. The van der Waals surface area contributed by atoms with Gasteiger partial charge in [-0.2, -0.15) is 0 Å². The summed E-state index contributed by atoms with van der Waals surface area (Å²) in [5.41, 5.74) is -1.91. The summed E-state index contributed by atoms with van der Waals surface area (Å²) < 4.78 is 126. The molecule has 91 heavy (non-hydrogen) atoms. The second-order valence-corrected chi connectivity index (χ2v) is 25.5. The number of aromatic amines is 1. The Balaban J connectivity index is 0.000000186. The first-order chi connectivity index (χ1) is 42.5. The summed E-state index contributed by atoms with van der Waals surface area (Å²) in [5, 5.41) is 96.4. The molecule has 27 atom stereocenters. The van der Waals surface area contributed by atoms with E-state index in [1.807, 2.05) is 53.5 Å². The van der Waals surface area contributed by atoms with Crippen LogP contribution < -0.4 is 21.0 Å². The highest BCUT2D eigenvalue weighted by Gasteiger charge is 2.62. The quantitative estimate of drug-likeness (QED) is 0.0392. The Morgan fingerprint density at radius 2 is 0.978 bits per heavy atom. The van der Waals surface area contributed by atoms with Gasteiger partial charge in [-0.1, -0.05) is 17.8 Å². The van der Waals surface area contributed by atoms with Gasteiger partial charge in [0.1, 0.15) is 130 Å². The van der Waals surface area contributed by atoms with Crippen LogP contribution in [0.3, 0.4) is 0 Å². The monoisotopic (exact) mass is 1350 g/mol. The second-order valence-electron chi connectivity index (χ2n) is 22.6. The van der Waals surface area contributed by atoms with E-state index in [0.717, 1.165) is 12.3 Å². The van der Waals surface area contributed by atoms with E-state index >= 15 is 0 Å². The molecule has 1 aromatic rings. The zero-order valence-electron chi connectivity index (χ0n) is 49.8. The number of fused-ring (bicyclic) bond motifs is 6. The number of nitrogens with one attached hydrogen (secondary N) is 1. The molecule has 9 saturated heterocycles. The molecule has 14 unspecified atom stereocenters. The number of phosphoric ester groups is 2. The third-order valence-corrected chi connectivity index (χ3v) is 16.8. The van der Waals surface area contributed by atoms with Gasteiger partial charge in [-0.05, 0) is 48.5 Å². The molecule has 0 bridgehead atoms. The highest BCUT2D eigenvalue weighted by atomic mass is 31.3. The van der Waals surface area contributed by atoms with E-state index in [4.69, 9.17) is 105 Å². The molecular weight excluding hydrogens is 1270 g/mol. The van der Waals surface area contributed by atoms with Gasteiger partial charge in [0.15, 0.2) is 61.3 Å². The molecule has 0 spiro atoms. The summed E-state index contributed by atoms with van der Waals surface area (Å²) in [5.74, 6) is 4.67. The van der Waals surface area contributed by atoms with Crippen molar-refractivity contribution < 1.29 is 159 Å². The van der Waals surface area contributed by atoms with E-state index < -0.39 is 156 Å². The van der Waals surface area contributed by atoms with Crippen molar-refractivity contribution in [3.05, 3.63) is 33.1 Å². The second kappa shape index (κ2) is 31.2. The first-order valence-corrected chi connectivity index (χ1v) is 30.9. The molecule has 0 saturated carbocycles. The molecule has 9 aliphatic rings. The van der Waals surface area contributed by atoms with Gasteiger partial charge >= 0.3 is 5.69 Å². The van der Waals surface area contributed by atoms with Crippen molar-refractivity contribution in [2.45, 2.75) is 220 Å². The molecule has 39 heteroatoms. The highest BCUT2D eigenvalue weighted by Crippen LogP contribution is 2.58. The molecule has 0 radical (unpaired) electrons. The Hall–Kier alpha value is -3.42. The van der Waals surface area contributed by atoms with E-state index in [9.17, 15) is 69.4 Å². The molecule has 10 heterocycles. The summed E-state index contributed by atoms with van der Waals surface area (Å²) in [6.07, 6.45) is -12.5. The maximum Gasteiger partial charge on any atom is 0.330 e. The molecule has 11 N–H and O–H groups in total. The number of nitrogens with zero attached hydrogens (tertiary/aromatic N) is 1. The molecule has 9 fully saturated rings. The van der Waals surface area contributed by atoms with Crippen LogP contribution in [0.15, 0.2) is 21.9 Å². The van der Waals surface area contributed by atoms with Crippen LogP contribution in [0.2, 0.25) is 0 Å². The molecule has 9 aliphatic heterocycles.